The highest BCUT2D eigenvalue weighted by atomic mass is 16.1. The molecule has 0 aromatic rings. The van der Waals surface area contributed by atoms with E-state index in [4.69, 9.17) is 0 Å². The van der Waals surface area contributed by atoms with Crippen molar-refractivity contribution in [2.75, 3.05) is 0 Å². The molecule has 0 aromatic heterocycles. The summed E-state index contributed by atoms with van der Waals surface area (Å²) in [6, 6.07) is 0. The van der Waals surface area contributed by atoms with Gasteiger partial charge in [0, 0.05) is 5.41 Å². The zero-order chi connectivity index (χ0) is 13.1. The van der Waals surface area contributed by atoms with Crippen LogP contribution < -0.4 is 0 Å². The largest absolute Gasteiger partial charge is 0.294 e. The fourth-order valence-electron chi connectivity index (χ4n) is 1.25. The first-order valence-corrected chi connectivity index (χ1v) is 6.47. The number of carbonyl (C=O) groups is 1. The lowest BCUT2D eigenvalue weighted by atomic mass is 9.90. The highest BCUT2D eigenvalue weighted by Crippen LogP contribution is 2.15. The lowest BCUT2D eigenvalue weighted by Crippen LogP contribution is -2.17. The van der Waals surface area contributed by atoms with E-state index in [1.165, 1.54) is 6.42 Å². The molecule has 0 N–H and O–H groups in total. The quantitative estimate of drug-likeness (QED) is 0.349. The van der Waals surface area contributed by atoms with Gasteiger partial charge in [-0.15, -0.1) is 0 Å². The fourth-order valence-corrected chi connectivity index (χ4v) is 1.25. The summed E-state index contributed by atoms with van der Waals surface area (Å²) in [5, 5.41) is 0. The normalized spacial score (nSPS) is 13.2. The van der Waals surface area contributed by atoms with Gasteiger partial charge < -0.3 is 0 Å². The molecule has 96 valence electrons. The Morgan fingerprint density at radius 2 is 1.59 bits per heavy atom. The molecule has 0 unspecified atom stereocenters. The van der Waals surface area contributed by atoms with Crippen LogP contribution in [0.25, 0.3) is 0 Å². The van der Waals surface area contributed by atoms with Gasteiger partial charge >= 0.3 is 0 Å². The topological polar surface area (TPSA) is 17.1 Å². The molecule has 1 nitrogen and oxygen atoms in total. The van der Waals surface area contributed by atoms with Crippen LogP contribution in [0.15, 0.2) is 36.5 Å². The molecule has 0 saturated carbocycles. The van der Waals surface area contributed by atoms with Gasteiger partial charge in [0.15, 0.2) is 5.78 Å². The van der Waals surface area contributed by atoms with E-state index in [1.807, 2.05) is 45.9 Å². The molecule has 0 rings (SSSR count). The third-order valence-electron chi connectivity index (χ3n) is 2.44. The zero-order valence-electron chi connectivity index (χ0n) is 11.7. The van der Waals surface area contributed by atoms with Gasteiger partial charge in [-0.25, -0.2) is 0 Å². The summed E-state index contributed by atoms with van der Waals surface area (Å²) in [7, 11) is 0. The first-order valence-electron chi connectivity index (χ1n) is 6.47. The maximum Gasteiger partial charge on any atom is 0.160 e. The van der Waals surface area contributed by atoms with Crippen LogP contribution in [0.3, 0.4) is 0 Å². The predicted octanol–water partition coefficient (Wildman–Crippen LogP) is 4.85. The van der Waals surface area contributed by atoms with Crippen molar-refractivity contribution >= 4 is 5.78 Å². The average Bonchev–Trinajstić information content (AvgIpc) is 2.25. The molecule has 1 heteroatoms. The second-order valence-corrected chi connectivity index (χ2v) is 5.26. The van der Waals surface area contributed by atoms with E-state index in [-0.39, 0.29) is 11.2 Å². The Bertz CT molecular complexity index is 287. The third-order valence-corrected chi connectivity index (χ3v) is 2.44. The maximum absolute atomic E-state index is 11.6. The zero-order valence-corrected chi connectivity index (χ0v) is 11.7. The van der Waals surface area contributed by atoms with Crippen molar-refractivity contribution in [3.8, 4) is 0 Å². The predicted molar refractivity (Wildman–Crippen MR) is 76.0 cm³/mol. The van der Waals surface area contributed by atoms with Gasteiger partial charge in [0.25, 0.3) is 0 Å². The van der Waals surface area contributed by atoms with Crippen LogP contribution in [0.4, 0.5) is 0 Å². The van der Waals surface area contributed by atoms with Gasteiger partial charge in [0.2, 0.25) is 0 Å². The third kappa shape index (κ3) is 9.80. The summed E-state index contributed by atoms with van der Waals surface area (Å²) < 4.78 is 0. The summed E-state index contributed by atoms with van der Waals surface area (Å²) in [4.78, 5) is 11.6. The summed E-state index contributed by atoms with van der Waals surface area (Å²) in [5.74, 6) is 0.213. The Labute approximate surface area is 106 Å². The van der Waals surface area contributed by atoms with Crippen molar-refractivity contribution in [1.29, 1.82) is 0 Å². The van der Waals surface area contributed by atoms with E-state index in [0.29, 0.717) is 0 Å². The molecule has 0 amide bonds. The summed E-state index contributed by atoms with van der Waals surface area (Å²) >= 11 is 0. The molecule has 0 radical (unpaired) electrons. The molecule has 0 atom stereocenters. The average molecular weight is 234 g/mol. The van der Waals surface area contributed by atoms with Gasteiger partial charge in [-0.3, -0.25) is 4.79 Å². The maximum atomic E-state index is 11.6. The van der Waals surface area contributed by atoms with E-state index >= 15 is 0 Å². The van der Waals surface area contributed by atoms with Crippen molar-refractivity contribution in [2.24, 2.45) is 5.41 Å². The molecule has 0 fully saturated rings. The van der Waals surface area contributed by atoms with Crippen molar-refractivity contribution in [3.63, 3.8) is 0 Å². The molecule has 0 spiro atoms. The number of rotatable bonds is 7. The molecule has 0 aliphatic rings. The number of ketones is 1. The lowest BCUT2D eigenvalue weighted by Gasteiger charge is -2.12. The molecule has 0 aromatic carbocycles. The molecule has 0 saturated heterocycles. The van der Waals surface area contributed by atoms with Gasteiger partial charge in [-0.05, 0) is 38.7 Å². The summed E-state index contributed by atoms with van der Waals surface area (Å²) in [6.07, 6.45) is 16.5. The van der Waals surface area contributed by atoms with Gasteiger partial charge in [-0.1, -0.05) is 51.2 Å². The fraction of sp³-hybridized carbons (Fsp3) is 0.562. The van der Waals surface area contributed by atoms with E-state index in [0.717, 1.165) is 19.3 Å². The molecule has 0 aliphatic heterocycles. The van der Waals surface area contributed by atoms with Crippen LogP contribution in [0.2, 0.25) is 0 Å². The number of unbranched alkanes of at least 4 members (excludes halogenated alkanes) is 3. The minimum Gasteiger partial charge on any atom is -0.294 e. The highest BCUT2D eigenvalue weighted by molar-refractivity contribution is 5.93. The molecule has 0 bridgehead atoms. The van der Waals surface area contributed by atoms with E-state index in [9.17, 15) is 4.79 Å². The molecule has 17 heavy (non-hydrogen) atoms. The second kappa shape index (κ2) is 8.98. The first kappa shape index (κ1) is 15.9. The van der Waals surface area contributed by atoms with Crippen LogP contribution >= 0.6 is 0 Å². The van der Waals surface area contributed by atoms with Crippen LogP contribution in [-0.4, -0.2) is 5.78 Å². The lowest BCUT2D eigenvalue weighted by molar-refractivity contribution is -0.121. The second-order valence-electron chi connectivity index (χ2n) is 5.26. The number of carbonyl (C=O) groups excluding carboxylic acids is 1. The summed E-state index contributed by atoms with van der Waals surface area (Å²) in [5.41, 5.74) is -0.244. The van der Waals surface area contributed by atoms with Crippen molar-refractivity contribution in [3.05, 3.63) is 36.5 Å². The van der Waals surface area contributed by atoms with Crippen molar-refractivity contribution in [1.82, 2.24) is 0 Å². The first-order chi connectivity index (χ1) is 7.98. The Balaban J connectivity index is 3.59. The van der Waals surface area contributed by atoms with Gasteiger partial charge in [0.05, 0.1) is 0 Å². The summed E-state index contributed by atoms with van der Waals surface area (Å²) in [6.45, 7) is 7.87. The van der Waals surface area contributed by atoms with Crippen LogP contribution in [0.1, 0.15) is 53.4 Å². The molecule has 0 heterocycles. The Morgan fingerprint density at radius 1 is 1.00 bits per heavy atom. The number of allylic oxidation sites excluding steroid dienone is 6. The Hall–Kier alpha value is -1.11. The van der Waals surface area contributed by atoms with Crippen LogP contribution in [-0.2, 0) is 4.79 Å². The van der Waals surface area contributed by atoms with E-state index in [2.05, 4.69) is 12.2 Å². The minimum atomic E-state index is -0.244. The SMILES string of the molecule is C/C=C/C=C/CCCC/C=C/C(=O)C(C)(C)C. The Morgan fingerprint density at radius 3 is 2.12 bits per heavy atom. The van der Waals surface area contributed by atoms with Gasteiger partial charge in [-0.2, -0.15) is 0 Å². The van der Waals surface area contributed by atoms with E-state index in [1.54, 1.807) is 6.08 Å². The van der Waals surface area contributed by atoms with E-state index < -0.39 is 0 Å². The number of hydrogen-bond acceptors (Lipinski definition) is 1. The monoisotopic (exact) mass is 234 g/mol. The van der Waals surface area contributed by atoms with Crippen LogP contribution in [0, 0.1) is 5.41 Å². The van der Waals surface area contributed by atoms with Crippen molar-refractivity contribution in [2.45, 2.75) is 53.4 Å². The molecular weight excluding hydrogens is 208 g/mol. The number of hydrogen-bond donors (Lipinski definition) is 0. The highest BCUT2D eigenvalue weighted by Gasteiger charge is 2.17. The van der Waals surface area contributed by atoms with Crippen molar-refractivity contribution < 1.29 is 4.79 Å². The van der Waals surface area contributed by atoms with Gasteiger partial charge in [0.1, 0.15) is 0 Å². The smallest absolute Gasteiger partial charge is 0.160 e. The van der Waals surface area contributed by atoms with Crippen LogP contribution in [0.5, 0.6) is 0 Å². The molecule has 0 aliphatic carbocycles. The minimum absolute atomic E-state index is 0.213. The molecular formula is C16H26O. The Kier molecular flexibility index (Phi) is 8.39. The standard InChI is InChI=1S/C16H26O/c1-5-6-7-8-9-10-11-12-13-14-15(17)16(2,3)4/h5-8,13-14H,9-12H2,1-4H3/b6-5+,8-7+,14-13+.